The van der Waals surface area contributed by atoms with E-state index in [0.29, 0.717) is 11.3 Å². The van der Waals surface area contributed by atoms with Gasteiger partial charge in [0.25, 0.3) is 0 Å². The molecule has 0 atom stereocenters. The Labute approximate surface area is 96.3 Å². The second-order valence-corrected chi connectivity index (χ2v) is 3.22. The Morgan fingerprint density at radius 3 is 2.88 bits per heavy atom. The minimum Gasteiger partial charge on any atom is -0.246 e. The van der Waals surface area contributed by atoms with Crippen LogP contribution in [0.1, 0.15) is 36.9 Å². The average molecular weight is 208 g/mol. The lowest BCUT2D eigenvalue weighted by molar-refractivity contribution is 0.783. The molecule has 0 bridgehead atoms. The SMILES string of the molecule is C#CCCCCC#Cc1ncccc1C#N. The Morgan fingerprint density at radius 1 is 1.31 bits per heavy atom. The Hall–Kier alpha value is -2.24. The van der Waals surface area contributed by atoms with Gasteiger partial charge in [0.15, 0.2) is 0 Å². The summed E-state index contributed by atoms with van der Waals surface area (Å²) in [5.41, 5.74) is 1.08. The fourth-order valence-corrected chi connectivity index (χ4v) is 1.18. The molecule has 0 spiro atoms. The van der Waals surface area contributed by atoms with Crippen LogP contribution in [0.5, 0.6) is 0 Å². The monoisotopic (exact) mass is 208 g/mol. The van der Waals surface area contributed by atoms with Gasteiger partial charge in [-0.15, -0.1) is 12.3 Å². The number of terminal acetylenes is 1. The third kappa shape index (κ3) is 3.87. The summed E-state index contributed by atoms with van der Waals surface area (Å²) in [7, 11) is 0. The molecule has 2 nitrogen and oxygen atoms in total. The minimum atomic E-state index is 0.527. The number of unbranched alkanes of at least 4 members (excludes halogenated alkanes) is 3. The first kappa shape index (κ1) is 11.8. The van der Waals surface area contributed by atoms with Crippen LogP contribution in [0.3, 0.4) is 0 Å². The van der Waals surface area contributed by atoms with E-state index in [0.717, 1.165) is 25.7 Å². The zero-order valence-electron chi connectivity index (χ0n) is 9.03. The van der Waals surface area contributed by atoms with Crippen LogP contribution in [0.15, 0.2) is 18.3 Å². The van der Waals surface area contributed by atoms with Crippen LogP contribution in [0, 0.1) is 35.5 Å². The molecule has 78 valence electrons. The molecular weight excluding hydrogens is 196 g/mol. The van der Waals surface area contributed by atoms with Crippen molar-refractivity contribution in [2.45, 2.75) is 25.7 Å². The van der Waals surface area contributed by atoms with Gasteiger partial charge < -0.3 is 0 Å². The Bertz CT molecular complexity index is 478. The molecule has 16 heavy (non-hydrogen) atoms. The van der Waals surface area contributed by atoms with Crippen LogP contribution in [-0.4, -0.2) is 4.98 Å². The lowest BCUT2D eigenvalue weighted by atomic mass is 10.2. The van der Waals surface area contributed by atoms with Crippen molar-refractivity contribution in [1.82, 2.24) is 4.98 Å². The number of pyridine rings is 1. The lowest BCUT2D eigenvalue weighted by Gasteiger charge is -1.92. The van der Waals surface area contributed by atoms with Gasteiger partial charge in [-0.2, -0.15) is 5.26 Å². The quantitative estimate of drug-likeness (QED) is 0.565. The third-order valence-corrected chi connectivity index (χ3v) is 2.01. The van der Waals surface area contributed by atoms with Crippen molar-refractivity contribution in [2.24, 2.45) is 0 Å². The maximum absolute atomic E-state index is 8.81. The molecule has 0 fully saturated rings. The first-order valence-electron chi connectivity index (χ1n) is 5.16. The molecule has 1 aromatic heterocycles. The molecule has 2 heteroatoms. The van der Waals surface area contributed by atoms with Gasteiger partial charge in [-0.1, -0.05) is 5.92 Å². The predicted octanol–water partition coefficient (Wildman–Crippen LogP) is 2.50. The van der Waals surface area contributed by atoms with Crippen molar-refractivity contribution in [3.63, 3.8) is 0 Å². The Morgan fingerprint density at radius 2 is 2.12 bits per heavy atom. The summed E-state index contributed by atoms with van der Waals surface area (Å²) in [6, 6.07) is 5.52. The summed E-state index contributed by atoms with van der Waals surface area (Å²) in [6.07, 6.45) is 10.4. The van der Waals surface area contributed by atoms with Crippen LogP contribution < -0.4 is 0 Å². The Balaban J connectivity index is 2.51. The summed E-state index contributed by atoms with van der Waals surface area (Å²) < 4.78 is 0. The first-order chi connectivity index (χ1) is 7.88. The van der Waals surface area contributed by atoms with Crippen molar-refractivity contribution >= 4 is 0 Å². The van der Waals surface area contributed by atoms with E-state index in [-0.39, 0.29) is 0 Å². The second kappa shape index (κ2) is 7.10. The third-order valence-electron chi connectivity index (χ3n) is 2.01. The number of nitrogens with zero attached hydrogens (tertiary/aromatic N) is 2. The van der Waals surface area contributed by atoms with Crippen LogP contribution in [0.2, 0.25) is 0 Å². The lowest BCUT2D eigenvalue weighted by Crippen LogP contribution is -1.86. The zero-order chi connectivity index (χ0) is 11.6. The van der Waals surface area contributed by atoms with Crippen LogP contribution >= 0.6 is 0 Å². The average Bonchev–Trinajstić information content (AvgIpc) is 2.34. The van der Waals surface area contributed by atoms with Gasteiger partial charge in [-0.25, -0.2) is 4.98 Å². The fraction of sp³-hybridized carbons (Fsp3) is 0.286. The van der Waals surface area contributed by atoms with Crippen LogP contribution in [0.4, 0.5) is 0 Å². The summed E-state index contributed by atoms with van der Waals surface area (Å²) in [6.45, 7) is 0. The summed E-state index contributed by atoms with van der Waals surface area (Å²) in [5.74, 6) is 8.50. The van der Waals surface area contributed by atoms with Gasteiger partial charge >= 0.3 is 0 Å². The normalized spacial score (nSPS) is 8.38. The van der Waals surface area contributed by atoms with Gasteiger partial charge in [0.1, 0.15) is 11.8 Å². The summed E-state index contributed by atoms with van der Waals surface area (Å²) in [5, 5.41) is 8.81. The van der Waals surface area contributed by atoms with E-state index in [1.807, 2.05) is 0 Å². The van der Waals surface area contributed by atoms with E-state index >= 15 is 0 Å². The highest BCUT2D eigenvalue weighted by molar-refractivity contribution is 5.42. The molecule has 0 unspecified atom stereocenters. The zero-order valence-corrected chi connectivity index (χ0v) is 9.03. The highest BCUT2D eigenvalue weighted by Gasteiger charge is 1.96. The smallest absolute Gasteiger partial charge is 0.130 e. The van der Waals surface area contributed by atoms with Crippen LogP contribution in [0.25, 0.3) is 0 Å². The largest absolute Gasteiger partial charge is 0.246 e. The topological polar surface area (TPSA) is 36.7 Å². The fourth-order valence-electron chi connectivity index (χ4n) is 1.18. The van der Waals surface area contributed by atoms with Gasteiger partial charge in [0.05, 0.1) is 5.56 Å². The predicted molar refractivity (Wildman–Crippen MR) is 63.1 cm³/mol. The van der Waals surface area contributed by atoms with Gasteiger partial charge in [0, 0.05) is 19.0 Å². The van der Waals surface area contributed by atoms with Crippen molar-refractivity contribution in [3.8, 4) is 30.3 Å². The molecule has 0 saturated carbocycles. The van der Waals surface area contributed by atoms with Crippen molar-refractivity contribution in [3.05, 3.63) is 29.6 Å². The molecule has 1 aromatic rings. The van der Waals surface area contributed by atoms with E-state index < -0.39 is 0 Å². The van der Waals surface area contributed by atoms with Crippen molar-refractivity contribution in [1.29, 1.82) is 5.26 Å². The van der Waals surface area contributed by atoms with E-state index in [9.17, 15) is 0 Å². The highest BCUT2D eigenvalue weighted by atomic mass is 14.7. The van der Waals surface area contributed by atoms with Gasteiger partial charge in [-0.3, -0.25) is 0 Å². The van der Waals surface area contributed by atoms with Crippen molar-refractivity contribution < 1.29 is 0 Å². The molecular formula is C14H12N2. The molecule has 0 aromatic carbocycles. The summed E-state index contributed by atoms with van der Waals surface area (Å²) >= 11 is 0. The van der Waals surface area contributed by atoms with E-state index in [1.165, 1.54) is 0 Å². The standard InChI is InChI=1S/C14H12N2/c1-2-3-4-5-6-7-10-14-13(12-15)9-8-11-16-14/h1,8-9,11H,3-6H2. The molecule has 1 heterocycles. The molecule has 0 amide bonds. The number of nitriles is 1. The molecule has 0 aliphatic carbocycles. The molecule has 0 saturated heterocycles. The number of hydrogen-bond acceptors (Lipinski definition) is 2. The molecule has 0 aliphatic rings. The maximum atomic E-state index is 8.81. The molecule has 0 radical (unpaired) electrons. The number of hydrogen-bond donors (Lipinski definition) is 0. The molecule has 0 N–H and O–H groups in total. The van der Waals surface area contributed by atoms with Crippen LogP contribution in [-0.2, 0) is 0 Å². The second-order valence-electron chi connectivity index (χ2n) is 3.22. The number of aromatic nitrogens is 1. The summed E-state index contributed by atoms with van der Waals surface area (Å²) in [4.78, 5) is 4.06. The molecule has 0 aliphatic heterocycles. The maximum Gasteiger partial charge on any atom is 0.130 e. The van der Waals surface area contributed by atoms with E-state index in [1.54, 1.807) is 18.3 Å². The highest BCUT2D eigenvalue weighted by Crippen LogP contribution is 2.02. The first-order valence-corrected chi connectivity index (χ1v) is 5.16. The van der Waals surface area contributed by atoms with E-state index in [2.05, 4.69) is 28.8 Å². The van der Waals surface area contributed by atoms with E-state index in [4.69, 9.17) is 11.7 Å². The van der Waals surface area contributed by atoms with Crippen molar-refractivity contribution in [2.75, 3.05) is 0 Å². The van der Waals surface area contributed by atoms with Gasteiger partial charge in [0.2, 0.25) is 0 Å². The Kier molecular flexibility index (Phi) is 5.25. The molecule has 1 rings (SSSR count). The minimum absolute atomic E-state index is 0.527. The van der Waals surface area contributed by atoms with Gasteiger partial charge in [-0.05, 0) is 30.9 Å². The number of rotatable bonds is 3.